The largest absolute Gasteiger partial charge is 0.481 e. The number of aromatic amines is 1. The second-order valence-corrected chi connectivity index (χ2v) is 5.41. The van der Waals surface area contributed by atoms with Gasteiger partial charge in [-0.3, -0.25) is 14.7 Å². The van der Waals surface area contributed by atoms with Crippen molar-refractivity contribution in [2.75, 3.05) is 7.05 Å². The molecule has 19 heavy (non-hydrogen) atoms. The van der Waals surface area contributed by atoms with Gasteiger partial charge in [-0.25, -0.2) is 0 Å². The van der Waals surface area contributed by atoms with E-state index in [1.807, 2.05) is 13.8 Å². The number of carbonyl (C=O) groups is 2. The van der Waals surface area contributed by atoms with Gasteiger partial charge >= 0.3 is 5.97 Å². The third-order valence-corrected chi connectivity index (χ3v) is 3.68. The van der Waals surface area contributed by atoms with Crippen LogP contribution in [0.4, 0.5) is 0 Å². The first-order chi connectivity index (χ1) is 8.77. The van der Waals surface area contributed by atoms with Crippen LogP contribution in [0, 0.1) is 11.3 Å². The number of amides is 1. The van der Waals surface area contributed by atoms with Crippen LogP contribution < -0.4 is 0 Å². The minimum absolute atomic E-state index is 0.00560. The van der Waals surface area contributed by atoms with Crippen molar-refractivity contribution in [3.8, 4) is 0 Å². The van der Waals surface area contributed by atoms with Gasteiger partial charge in [-0.2, -0.15) is 5.10 Å². The molecule has 106 valence electrons. The van der Waals surface area contributed by atoms with Crippen molar-refractivity contribution in [2.45, 2.75) is 33.7 Å². The lowest BCUT2D eigenvalue weighted by molar-refractivity contribution is -0.155. The Hall–Kier alpha value is -1.85. The van der Waals surface area contributed by atoms with Crippen LogP contribution in [0.2, 0.25) is 0 Å². The highest BCUT2D eigenvalue weighted by atomic mass is 16.4. The number of carboxylic acid groups (broad SMARTS) is 1. The lowest BCUT2D eigenvalue weighted by Crippen LogP contribution is -2.39. The highest BCUT2D eigenvalue weighted by molar-refractivity contribution is 5.84. The molecule has 1 aromatic heterocycles. The summed E-state index contributed by atoms with van der Waals surface area (Å²) >= 11 is 0. The molecule has 6 nitrogen and oxygen atoms in total. The molecule has 0 saturated carbocycles. The summed E-state index contributed by atoms with van der Waals surface area (Å²) in [5.74, 6) is -1.23. The third-order valence-electron chi connectivity index (χ3n) is 3.68. The zero-order valence-corrected chi connectivity index (χ0v) is 11.8. The van der Waals surface area contributed by atoms with Gasteiger partial charge in [0.1, 0.15) is 0 Å². The highest BCUT2D eigenvalue weighted by Gasteiger charge is 2.39. The maximum Gasteiger partial charge on any atom is 0.310 e. The molecular weight excluding hydrogens is 246 g/mol. The Labute approximate surface area is 112 Å². The van der Waals surface area contributed by atoms with E-state index in [1.54, 1.807) is 26.4 Å². The maximum absolute atomic E-state index is 12.1. The molecule has 0 aromatic carbocycles. The van der Waals surface area contributed by atoms with E-state index in [0.29, 0.717) is 6.54 Å². The molecule has 1 rings (SSSR count). The number of carbonyl (C=O) groups excluding carboxylic acids is 1. The Balaban J connectivity index is 2.69. The van der Waals surface area contributed by atoms with E-state index in [1.165, 1.54) is 4.90 Å². The van der Waals surface area contributed by atoms with Gasteiger partial charge in [0.2, 0.25) is 5.91 Å². The summed E-state index contributed by atoms with van der Waals surface area (Å²) < 4.78 is 0. The molecule has 1 heterocycles. The number of hydrogen-bond acceptors (Lipinski definition) is 3. The van der Waals surface area contributed by atoms with Crippen molar-refractivity contribution in [3.63, 3.8) is 0 Å². The number of hydrogen-bond donors (Lipinski definition) is 2. The molecule has 6 heteroatoms. The third kappa shape index (κ3) is 3.56. The number of H-pyrrole nitrogens is 1. The van der Waals surface area contributed by atoms with E-state index < -0.39 is 11.4 Å². The maximum atomic E-state index is 12.1. The topological polar surface area (TPSA) is 86.3 Å². The minimum atomic E-state index is -1.04. The van der Waals surface area contributed by atoms with Gasteiger partial charge in [-0.05, 0) is 12.8 Å². The standard InChI is InChI=1S/C13H21N3O3/c1-9(2)13(3,12(18)19)5-11(17)16(4)8-10-6-14-15-7-10/h6-7,9H,5,8H2,1-4H3,(H,14,15)(H,18,19). The quantitative estimate of drug-likeness (QED) is 0.818. The summed E-state index contributed by atoms with van der Waals surface area (Å²) in [6.07, 6.45) is 3.35. The van der Waals surface area contributed by atoms with Crippen LogP contribution in [0.5, 0.6) is 0 Å². The summed E-state index contributed by atoms with van der Waals surface area (Å²) in [5, 5.41) is 15.8. The van der Waals surface area contributed by atoms with Crippen molar-refractivity contribution < 1.29 is 14.7 Å². The molecule has 1 aromatic rings. The molecule has 0 aliphatic rings. The van der Waals surface area contributed by atoms with Crippen LogP contribution in [0.25, 0.3) is 0 Å². The van der Waals surface area contributed by atoms with E-state index in [4.69, 9.17) is 0 Å². The van der Waals surface area contributed by atoms with E-state index in [2.05, 4.69) is 10.2 Å². The fraction of sp³-hybridized carbons (Fsp3) is 0.615. The number of carboxylic acids is 1. The second-order valence-electron chi connectivity index (χ2n) is 5.41. The number of nitrogens with one attached hydrogen (secondary N) is 1. The molecule has 1 amide bonds. The number of nitrogens with zero attached hydrogens (tertiary/aromatic N) is 2. The Morgan fingerprint density at radius 2 is 2.16 bits per heavy atom. The fourth-order valence-corrected chi connectivity index (χ4v) is 1.70. The highest BCUT2D eigenvalue weighted by Crippen LogP contribution is 2.32. The first-order valence-electron chi connectivity index (χ1n) is 6.22. The zero-order valence-electron chi connectivity index (χ0n) is 11.8. The lowest BCUT2D eigenvalue weighted by Gasteiger charge is -2.30. The Morgan fingerprint density at radius 3 is 2.58 bits per heavy atom. The molecule has 0 spiro atoms. The van der Waals surface area contributed by atoms with E-state index in [9.17, 15) is 14.7 Å². The van der Waals surface area contributed by atoms with Crippen LogP contribution in [-0.2, 0) is 16.1 Å². The summed E-state index contributed by atoms with van der Waals surface area (Å²) in [6.45, 7) is 5.67. The predicted molar refractivity (Wildman–Crippen MR) is 70.3 cm³/mol. The van der Waals surface area contributed by atoms with Gasteiger partial charge in [0.15, 0.2) is 0 Å². The van der Waals surface area contributed by atoms with Crippen LogP contribution >= 0.6 is 0 Å². The van der Waals surface area contributed by atoms with Crippen LogP contribution in [-0.4, -0.2) is 39.1 Å². The summed E-state index contributed by atoms with van der Waals surface area (Å²) in [6, 6.07) is 0. The zero-order chi connectivity index (χ0) is 14.6. The molecule has 0 radical (unpaired) electrons. The SMILES string of the molecule is CC(C)C(C)(CC(=O)N(C)Cc1cn[nH]c1)C(=O)O. The summed E-state index contributed by atoms with van der Waals surface area (Å²) in [7, 11) is 1.66. The van der Waals surface area contributed by atoms with E-state index >= 15 is 0 Å². The molecule has 0 bridgehead atoms. The van der Waals surface area contributed by atoms with Gasteiger partial charge < -0.3 is 10.0 Å². The Morgan fingerprint density at radius 1 is 1.53 bits per heavy atom. The number of aliphatic carboxylic acids is 1. The first-order valence-corrected chi connectivity index (χ1v) is 6.22. The Bertz CT molecular complexity index is 442. The second kappa shape index (κ2) is 5.86. The first kappa shape index (κ1) is 15.2. The molecule has 0 aliphatic carbocycles. The Kier molecular flexibility index (Phi) is 4.69. The fourth-order valence-electron chi connectivity index (χ4n) is 1.70. The predicted octanol–water partition coefficient (Wildman–Crippen LogP) is 1.51. The molecule has 0 saturated heterocycles. The van der Waals surface area contributed by atoms with Crippen molar-refractivity contribution >= 4 is 11.9 Å². The van der Waals surface area contributed by atoms with E-state index in [-0.39, 0.29) is 18.2 Å². The van der Waals surface area contributed by atoms with Gasteiger partial charge in [0.05, 0.1) is 11.6 Å². The van der Waals surface area contributed by atoms with Crippen molar-refractivity contribution in [1.29, 1.82) is 0 Å². The van der Waals surface area contributed by atoms with Crippen molar-refractivity contribution in [3.05, 3.63) is 18.0 Å². The summed E-state index contributed by atoms with van der Waals surface area (Å²) in [4.78, 5) is 25.0. The van der Waals surface area contributed by atoms with Crippen molar-refractivity contribution in [1.82, 2.24) is 15.1 Å². The lowest BCUT2D eigenvalue weighted by atomic mass is 9.76. The van der Waals surface area contributed by atoms with Crippen LogP contribution in [0.15, 0.2) is 12.4 Å². The average Bonchev–Trinajstić information content (AvgIpc) is 2.80. The number of rotatable bonds is 6. The smallest absolute Gasteiger partial charge is 0.310 e. The van der Waals surface area contributed by atoms with Gasteiger partial charge in [-0.1, -0.05) is 13.8 Å². The molecule has 1 atom stereocenters. The van der Waals surface area contributed by atoms with Crippen LogP contribution in [0.1, 0.15) is 32.8 Å². The molecule has 0 aliphatic heterocycles. The van der Waals surface area contributed by atoms with Crippen LogP contribution in [0.3, 0.4) is 0 Å². The average molecular weight is 267 g/mol. The van der Waals surface area contributed by atoms with E-state index in [0.717, 1.165) is 5.56 Å². The minimum Gasteiger partial charge on any atom is -0.481 e. The number of aromatic nitrogens is 2. The van der Waals surface area contributed by atoms with Crippen molar-refractivity contribution in [2.24, 2.45) is 11.3 Å². The molecule has 1 unspecified atom stereocenters. The van der Waals surface area contributed by atoms with Gasteiger partial charge in [-0.15, -0.1) is 0 Å². The van der Waals surface area contributed by atoms with Gasteiger partial charge in [0.25, 0.3) is 0 Å². The monoisotopic (exact) mass is 267 g/mol. The normalized spacial score (nSPS) is 14.2. The molecule has 0 fully saturated rings. The molecule has 2 N–H and O–H groups in total. The van der Waals surface area contributed by atoms with Gasteiger partial charge in [0, 0.05) is 31.8 Å². The molecular formula is C13H21N3O3. The summed E-state index contributed by atoms with van der Waals surface area (Å²) in [5.41, 5.74) is -0.153.